The van der Waals surface area contributed by atoms with E-state index in [1.54, 1.807) is 11.3 Å². The number of thiophene rings is 1. The van der Waals surface area contributed by atoms with E-state index in [4.69, 9.17) is 5.73 Å². The van der Waals surface area contributed by atoms with Crippen molar-refractivity contribution in [1.29, 1.82) is 0 Å². The van der Waals surface area contributed by atoms with Gasteiger partial charge in [-0.05, 0) is 25.8 Å². The Labute approximate surface area is 119 Å². The SMILES string of the molecule is CCC(CSC)N(C)Cc1cc(C#CCN)cs1. The summed E-state index contributed by atoms with van der Waals surface area (Å²) in [6.45, 7) is 3.69. The quantitative estimate of drug-likeness (QED) is 0.813. The molecule has 1 rings (SSSR count). The third-order valence-corrected chi connectivity index (χ3v) is 4.49. The minimum absolute atomic E-state index is 0.427. The Bertz CT molecular complexity index is 403. The van der Waals surface area contributed by atoms with Gasteiger partial charge < -0.3 is 5.73 Å². The molecule has 1 atom stereocenters. The summed E-state index contributed by atoms with van der Waals surface area (Å²) in [5.41, 5.74) is 6.46. The van der Waals surface area contributed by atoms with Gasteiger partial charge >= 0.3 is 0 Å². The van der Waals surface area contributed by atoms with Crippen molar-refractivity contribution in [2.45, 2.75) is 25.9 Å². The second-order valence-corrected chi connectivity index (χ2v) is 6.15. The lowest BCUT2D eigenvalue weighted by molar-refractivity contribution is 0.250. The van der Waals surface area contributed by atoms with E-state index in [1.165, 1.54) is 17.1 Å². The second-order valence-electron chi connectivity index (χ2n) is 4.24. The van der Waals surface area contributed by atoms with E-state index in [0.29, 0.717) is 12.6 Å². The zero-order chi connectivity index (χ0) is 13.4. The van der Waals surface area contributed by atoms with Gasteiger partial charge in [0, 0.05) is 34.2 Å². The molecule has 0 aromatic carbocycles. The van der Waals surface area contributed by atoms with E-state index in [-0.39, 0.29) is 0 Å². The fourth-order valence-corrected chi connectivity index (χ4v) is 3.56. The van der Waals surface area contributed by atoms with Crippen molar-refractivity contribution in [2.24, 2.45) is 5.73 Å². The Hall–Kier alpha value is -0.470. The zero-order valence-corrected chi connectivity index (χ0v) is 13.0. The topological polar surface area (TPSA) is 29.3 Å². The minimum atomic E-state index is 0.427. The highest BCUT2D eigenvalue weighted by atomic mass is 32.2. The van der Waals surface area contributed by atoms with Gasteiger partial charge in [0.1, 0.15) is 0 Å². The van der Waals surface area contributed by atoms with Gasteiger partial charge in [0.05, 0.1) is 6.54 Å². The predicted molar refractivity (Wildman–Crippen MR) is 84.2 cm³/mol. The third-order valence-electron chi connectivity index (χ3n) is 2.85. The molecule has 0 saturated carbocycles. The maximum Gasteiger partial charge on any atom is 0.0555 e. The molecule has 4 heteroatoms. The average molecular weight is 282 g/mol. The molecule has 0 saturated heterocycles. The zero-order valence-electron chi connectivity index (χ0n) is 11.4. The van der Waals surface area contributed by atoms with Crippen molar-refractivity contribution in [1.82, 2.24) is 4.90 Å². The molecular weight excluding hydrogens is 260 g/mol. The maximum atomic E-state index is 5.37. The Kier molecular flexibility index (Phi) is 7.45. The van der Waals surface area contributed by atoms with Gasteiger partial charge in [-0.1, -0.05) is 18.8 Å². The van der Waals surface area contributed by atoms with Crippen LogP contribution in [0.25, 0.3) is 0 Å². The van der Waals surface area contributed by atoms with Gasteiger partial charge in [-0.2, -0.15) is 11.8 Å². The Balaban J connectivity index is 2.58. The molecular formula is C14H22N2S2. The summed E-state index contributed by atoms with van der Waals surface area (Å²) in [6.07, 6.45) is 3.37. The van der Waals surface area contributed by atoms with Gasteiger partial charge in [-0.3, -0.25) is 4.90 Å². The summed E-state index contributed by atoms with van der Waals surface area (Å²) >= 11 is 3.70. The summed E-state index contributed by atoms with van der Waals surface area (Å²) < 4.78 is 0. The molecule has 2 N–H and O–H groups in total. The van der Waals surface area contributed by atoms with Crippen LogP contribution >= 0.6 is 23.1 Å². The Morgan fingerprint density at radius 1 is 1.56 bits per heavy atom. The second kappa shape index (κ2) is 8.60. The van der Waals surface area contributed by atoms with E-state index in [1.807, 2.05) is 11.8 Å². The predicted octanol–water partition coefficient (Wildman–Crippen LogP) is 2.63. The molecule has 0 radical (unpaired) electrons. The molecule has 1 heterocycles. The van der Waals surface area contributed by atoms with Gasteiger partial charge in [0.25, 0.3) is 0 Å². The Morgan fingerprint density at radius 2 is 2.33 bits per heavy atom. The van der Waals surface area contributed by atoms with Crippen LogP contribution in [0.4, 0.5) is 0 Å². The van der Waals surface area contributed by atoms with Crippen LogP contribution in [0.2, 0.25) is 0 Å². The fraction of sp³-hybridized carbons (Fsp3) is 0.571. The molecule has 18 heavy (non-hydrogen) atoms. The summed E-state index contributed by atoms with van der Waals surface area (Å²) in [4.78, 5) is 3.81. The van der Waals surface area contributed by atoms with Gasteiger partial charge in [0.15, 0.2) is 0 Å². The smallest absolute Gasteiger partial charge is 0.0555 e. The normalized spacial score (nSPS) is 12.3. The van der Waals surface area contributed by atoms with Crippen LogP contribution in [-0.4, -0.2) is 36.5 Å². The van der Waals surface area contributed by atoms with Crippen molar-refractivity contribution < 1.29 is 0 Å². The first-order valence-corrected chi connectivity index (χ1v) is 8.44. The number of nitrogens with zero attached hydrogens (tertiary/aromatic N) is 1. The van der Waals surface area contributed by atoms with E-state index in [9.17, 15) is 0 Å². The molecule has 0 spiro atoms. The van der Waals surface area contributed by atoms with Crippen LogP contribution in [0, 0.1) is 11.8 Å². The molecule has 1 aromatic heterocycles. The number of hydrogen-bond acceptors (Lipinski definition) is 4. The number of hydrogen-bond donors (Lipinski definition) is 1. The van der Waals surface area contributed by atoms with Crippen molar-refractivity contribution >= 4 is 23.1 Å². The van der Waals surface area contributed by atoms with E-state index in [2.05, 4.69) is 48.4 Å². The lowest BCUT2D eigenvalue weighted by Crippen LogP contribution is -2.32. The first-order chi connectivity index (χ1) is 8.71. The molecule has 0 aliphatic heterocycles. The lowest BCUT2D eigenvalue weighted by atomic mass is 10.2. The van der Waals surface area contributed by atoms with Crippen molar-refractivity contribution in [3.05, 3.63) is 21.9 Å². The molecule has 1 aromatic rings. The summed E-state index contributed by atoms with van der Waals surface area (Å²) in [5.74, 6) is 7.16. The first-order valence-electron chi connectivity index (χ1n) is 6.16. The van der Waals surface area contributed by atoms with E-state index >= 15 is 0 Å². The first kappa shape index (κ1) is 15.6. The lowest BCUT2D eigenvalue weighted by Gasteiger charge is -2.25. The number of thioether (sulfide) groups is 1. The standard InChI is InChI=1S/C14H22N2S2/c1-4-13(11-17-3)16(2)9-14-8-12(10-18-14)6-5-7-15/h8,10,13H,4,7,9,11,15H2,1-3H3. The molecule has 0 fully saturated rings. The Morgan fingerprint density at radius 3 is 2.94 bits per heavy atom. The van der Waals surface area contributed by atoms with Crippen LogP contribution < -0.4 is 5.73 Å². The third kappa shape index (κ3) is 5.03. The molecule has 1 unspecified atom stereocenters. The van der Waals surface area contributed by atoms with Gasteiger partial charge in [-0.15, -0.1) is 11.3 Å². The van der Waals surface area contributed by atoms with Crippen LogP contribution in [0.5, 0.6) is 0 Å². The summed E-state index contributed by atoms with van der Waals surface area (Å²) in [5, 5.41) is 2.11. The van der Waals surface area contributed by atoms with Gasteiger partial charge in [0.2, 0.25) is 0 Å². The van der Waals surface area contributed by atoms with Crippen molar-refractivity contribution in [2.75, 3.05) is 25.6 Å². The molecule has 0 bridgehead atoms. The van der Waals surface area contributed by atoms with Gasteiger partial charge in [-0.25, -0.2) is 0 Å². The number of rotatable bonds is 6. The molecule has 0 amide bonds. The van der Waals surface area contributed by atoms with Crippen LogP contribution in [0.3, 0.4) is 0 Å². The number of nitrogens with two attached hydrogens (primary N) is 1. The highest BCUT2D eigenvalue weighted by Gasteiger charge is 2.12. The molecule has 100 valence electrons. The molecule has 0 aliphatic rings. The van der Waals surface area contributed by atoms with Crippen LogP contribution in [0.1, 0.15) is 23.8 Å². The van der Waals surface area contributed by atoms with Crippen LogP contribution in [-0.2, 0) is 6.54 Å². The highest BCUT2D eigenvalue weighted by Crippen LogP contribution is 2.18. The molecule has 0 aliphatic carbocycles. The highest BCUT2D eigenvalue weighted by molar-refractivity contribution is 7.98. The van der Waals surface area contributed by atoms with Crippen LogP contribution in [0.15, 0.2) is 11.4 Å². The van der Waals surface area contributed by atoms with E-state index in [0.717, 1.165) is 12.1 Å². The monoisotopic (exact) mass is 282 g/mol. The largest absolute Gasteiger partial charge is 0.320 e. The minimum Gasteiger partial charge on any atom is -0.320 e. The van der Waals surface area contributed by atoms with E-state index < -0.39 is 0 Å². The maximum absolute atomic E-state index is 5.37. The van der Waals surface area contributed by atoms with Crippen molar-refractivity contribution in [3.8, 4) is 11.8 Å². The summed E-state index contributed by atoms with van der Waals surface area (Å²) in [6, 6.07) is 2.83. The molecule has 2 nitrogen and oxygen atoms in total. The van der Waals surface area contributed by atoms with Crippen molar-refractivity contribution in [3.63, 3.8) is 0 Å². The summed E-state index contributed by atoms with van der Waals surface area (Å²) in [7, 11) is 2.20. The fourth-order valence-electron chi connectivity index (χ4n) is 1.81. The average Bonchev–Trinajstić information content (AvgIpc) is 2.80.